The Morgan fingerprint density at radius 3 is 2.08 bits per heavy atom. The van der Waals surface area contributed by atoms with E-state index in [4.69, 9.17) is 16.3 Å². The summed E-state index contributed by atoms with van der Waals surface area (Å²) in [6.45, 7) is 7.03. The minimum atomic E-state index is -0.705. The average molecular weight is 203 g/mol. The molecule has 2 atom stereocenters. The summed E-state index contributed by atoms with van der Waals surface area (Å²) < 4.78 is 5.64. The van der Waals surface area contributed by atoms with Crippen molar-refractivity contribution in [3.63, 3.8) is 0 Å². The highest BCUT2D eigenvalue weighted by atomic mass is 35.5. The molecule has 1 saturated heterocycles. The molecular formula is C10H15ClO2. The van der Waals surface area contributed by atoms with E-state index in [0.29, 0.717) is 6.61 Å². The molecule has 2 aliphatic rings. The Hall–Kier alpha value is -0.0800. The standard InChI is InChI=1S/C10H15ClO2/c1-8(2)9(3)4-5-10(8,7(11)12)13-6-9/h4-6H2,1-3H3/t9?,10-/m1/s1. The zero-order valence-electron chi connectivity index (χ0n) is 8.32. The van der Waals surface area contributed by atoms with Gasteiger partial charge in [0.1, 0.15) is 5.60 Å². The number of carbonyl (C=O) groups excluding carboxylic acids is 1. The summed E-state index contributed by atoms with van der Waals surface area (Å²) in [5, 5.41) is -0.321. The predicted molar refractivity (Wildman–Crippen MR) is 50.7 cm³/mol. The Bertz CT molecular complexity index is 262. The van der Waals surface area contributed by atoms with Gasteiger partial charge in [-0.2, -0.15) is 0 Å². The fourth-order valence-electron chi connectivity index (χ4n) is 2.75. The number of fused-ring (bicyclic) bond motifs is 2. The summed E-state index contributed by atoms with van der Waals surface area (Å²) in [6, 6.07) is 0. The van der Waals surface area contributed by atoms with E-state index in [1.54, 1.807) is 0 Å². The fourth-order valence-corrected chi connectivity index (χ4v) is 3.14. The largest absolute Gasteiger partial charge is 0.365 e. The summed E-state index contributed by atoms with van der Waals surface area (Å²) in [4.78, 5) is 11.4. The number of hydrogen-bond donors (Lipinski definition) is 0. The van der Waals surface area contributed by atoms with Gasteiger partial charge in [-0.05, 0) is 29.9 Å². The van der Waals surface area contributed by atoms with Crippen molar-refractivity contribution >= 4 is 16.8 Å². The third-order valence-electron chi connectivity index (χ3n) is 4.50. The highest BCUT2D eigenvalue weighted by Crippen LogP contribution is 2.65. The molecule has 0 aromatic heterocycles. The monoisotopic (exact) mass is 202 g/mol. The molecule has 3 heteroatoms. The molecule has 0 N–H and O–H groups in total. The molecule has 1 aliphatic heterocycles. The van der Waals surface area contributed by atoms with Crippen LogP contribution in [0.15, 0.2) is 0 Å². The molecule has 1 heterocycles. The fraction of sp³-hybridized carbons (Fsp3) is 0.900. The van der Waals surface area contributed by atoms with Crippen molar-refractivity contribution in [3.05, 3.63) is 0 Å². The van der Waals surface area contributed by atoms with Gasteiger partial charge in [0.05, 0.1) is 6.61 Å². The SMILES string of the molecule is CC12CC[C@](C(=O)Cl)(OC1)C2(C)C. The lowest BCUT2D eigenvalue weighted by atomic mass is 9.67. The lowest BCUT2D eigenvalue weighted by molar-refractivity contribution is -0.138. The molecule has 1 saturated carbocycles. The van der Waals surface area contributed by atoms with Gasteiger partial charge >= 0.3 is 0 Å². The van der Waals surface area contributed by atoms with Crippen LogP contribution in [0.5, 0.6) is 0 Å². The summed E-state index contributed by atoms with van der Waals surface area (Å²) in [6.07, 6.45) is 1.82. The topological polar surface area (TPSA) is 26.3 Å². The summed E-state index contributed by atoms with van der Waals surface area (Å²) in [5.41, 5.74) is -0.709. The summed E-state index contributed by atoms with van der Waals surface area (Å²) in [7, 11) is 0. The van der Waals surface area contributed by atoms with Gasteiger partial charge < -0.3 is 4.74 Å². The maximum atomic E-state index is 11.4. The van der Waals surface area contributed by atoms with E-state index < -0.39 is 5.60 Å². The highest BCUT2D eigenvalue weighted by Gasteiger charge is 2.69. The van der Waals surface area contributed by atoms with Crippen LogP contribution >= 0.6 is 11.6 Å². The Morgan fingerprint density at radius 1 is 1.31 bits per heavy atom. The Morgan fingerprint density at radius 2 is 1.92 bits per heavy atom. The smallest absolute Gasteiger partial charge is 0.254 e. The maximum Gasteiger partial charge on any atom is 0.254 e. The van der Waals surface area contributed by atoms with E-state index in [-0.39, 0.29) is 16.1 Å². The van der Waals surface area contributed by atoms with Crippen molar-refractivity contribution in [1.29, 1.82) is 0 Å². The van der Waals surface area contributed by atoms with Crippen molar-refractivity contribution in [2.45, 2.75) is 39.2 Å². The highest BCUT2D eigenvalue weighted by molar-refractivity contribution is 6.65. The number of hydrogen-bond acceptors (Lipinski definition) is 2. The summed E-state index contributed by atoms with van der Waals surface area (Å²) >= 11 is 5.65. The lowest BCUT2D eigenvalue weighted by Gasteiger charge is -2.35. The number of carbonyl (C=O) groups is 1. The number of halogens is 1. The molecule has 2 nitrogen and oxygen atoms in total. The molecule has 0 amide bonds. The minimum absolute atomic E-state index is 0.123. The maximum absolute atomic E-state index is 11.4. The van der Waals surface area contributed by atoms with Crippen LogP contribution < -0.4 is 0 Å². The molecule has 13 heavy (non-hydrogen) atoms. The van der Waals surface area contributed by atoms with Gasteiger partial charge in [0.25, 0.3) is 5.24 Å². The van der Waals surface area contributed by atoms with Gasteiger partial charge in [0.2, 0.25) is 0 Å². The van der Waals surface area contributed by atoms with Gasteiger partial charge in [-0.3, -0.25) is 4.79 Å². The lowest BCUT2D eigenvalue weighted by Crippen LogP contribution is -2.45. The van der Waals surface area contributed by atoms with E-state index in [2.05, 4.69) is 20.8 Å². The van der Waals surface area contributed by atoms with Crippen LogP contribution in [0.4, 0.5) is 0 Å². The Balaban J connectivity index is 2.50. The normalized spacial score (nSPS) is 46.8. The predicted octanol–water partition coefficient (Wildman–Crippen LogP) is 2.35. The third kappa shape index (κ3) is 0.816. The van der Waals surface area contributed by atoms with Crippen LogP contribution in [0.3, 0.4) is 0 Å². The second kappa shape index (κ2) is 2.29. The zero-order valence-corrected chi connectivity index (χ0v) is 9.07. The van der Waals surface area contributed by atoms with Crippen LogP contribution in [0, 0.1) is 10.8 Å². The molecule has 0 radical (unpaired) electrons. The Kier molecular flexibility index (Phi) is 1.67. The van der Waals surface area contributed by atoms with Crippen LogP contribution in [-0.2, 0) is 9.53 Å². The van der Waals surface area contributed by atoms with Gasteiger partial charge in [0, 0.05) is 5.41 Å². The van der Waals surface area contributed by atoms with Crippen LogP contribution in [0.2, 0.25) is 0 Å². The van der Waals surface area contributed by atoms with Crippen molar-refractivity contribution in [1.82, 2.24) is 0 Å². The Labute approximate surface area is 83.6 Å². The first-order valence-electron chi connectivity index (χ1n) is 4.70. The quantitative estimate of drug-likeness (QED) is 0.611. The summed E-state index contributed by atoms with van der Waals surface area (Å²) in [5.74, 6) is 0. The van der Waals surface area contributed by atoms with Crippen LogP contribution in [0.25, 0.3) is 0 Å². The second-order valence-electron chi connectivity index (χ2n) is 5.08. The molecule has 1 aliphatic carbocycles. The molecular weight excluding hydrogens is 188 g/mol. The first-order chi connectivity index (χ1) is 5.86. The van der Waals surface area contributed by atoms with E-state index in [1.165, 1.54) is 0 Å². The second-order valence-corrected chi connectivity index (χ2v) is 5.42. The van der Waals surface area contributed by atoms with E-state index >= 15 is 0 Å². The molecule has 0 spiro atoms. The van der Waals surface area contributed by atoms with Gasteiger partial charge in [-0.25, -0.2) is 0 Å². The van der Waals surface area contributed by atoms with Gasteiger partial charge in [-0.1, -0.05) is 20.8 Å². The number of rotatable bonds is 1. The molecule has 2 fully saturated rings. The third-order valence-corrected chi connectivity index (χ3v) is 4.81. The van der Waals surface area contributed by atoms with Gasteiger partial charge in [0.15, 0.2) is 0 Å². The van der Waals surface area contributed by atoms with E-state index in [1.807, 2.05) is 0 Å². The average Bonchev–Trinajstić information content (AvgIpc) is 2.34. The molecule has 2 rings (SSSR count). The van der Waals surface area contributed by atoms with E-state index in [9.17, 15) is 4.79 Å². The van der Waals surface area contributed by atoms with Crippen LogP contribution in [0.1, 0.15) is 33.6 Å². The molecule has 0 aromatic carbocycles. The van der Waals surface area contributed by atoms with E-state index in [0.717, 1.165) is 12.8 Å². The van der Waals surface area contributed by atoms with Crippen molar-refractivity contribution < 1.29 is 9.53 Å². The van der Waals surface area contributed by atoms with Crippen molar-refractivity contribution in [3.8, 4) is 0 Å². The molecule has 0 aromatic rings. The minimum Gasteiger partial charge on any atom is -0.365 e. The molecule has 2 bridgehead atoms. The first kappa shape index (κ1) is 9.47. The molecule has 74 valence electrons. The number of ether oxygens (including phenoxy) is 1. The zero-order chi connectivity index (χ0) is 9.91. The van der Waals surface area contributed by atoms with Crippen molar-refractivity contribution in [2.24, 2.45) is 10.8 Å². The van der Waals surface area contributed by atoms with Gasteiger partial charge in [-0.15, -0.1) is 0 Å². The van der Waals surface area contributed by atoms with Crippen molar-refractivity contribution in [2.75, 3.05) is 6.61 Å². The molecule has 1 unspecified atom stereocenters. The van der Waals surface area contributed by atoms with Crippen LogP contribution in [-0.4, -0.2) is 17.5 Å². The first-order valence-corrected chi connectivity index (χ1v) is 5.07.